The lowest BCUT2D eigenvalue weighted by atomic mass is 10.1. The summed E-state index contributed by atoms with van der Waals surface area (Å²) in [4.78, 5) is 11.3. The zero-order valence-electron chi connectivity index (χ0n) is 8.79. The van der Waals surface area contributed by atoms with Gasteiger partial charge in [-0.05, 0) is 24.1 Å². The predicted molar refractivity (Wildman–Crippen MR) is 59.8 cm³/mol. The van der Waals surface area contributed by atoms with Crippen LogP contribution in [0.3, 0.4) is 0 Å². The third kappa shape index (κ3) is 3.25. The molecular formula is C11H16N2O2. The van der Waals surface area contributed by atoms with Crippen molar-refractivity contribution in [3.8, 4) is 5.75 Å². The minimum atomic E-state index is -0.180. The summed E-state index contributed by atoms with van der Waals surface area (Å²) >= 11 is 0. The van der Waals surface area contributed by atoms with Crippen LogP contribution in [-0.2, 0) is 11.2 Å². The van der Waals surface area contributed by atoms with Gasteiger partial charge in [0.05, 0.1) is 5.69 Å². The number of nitrogens with one attached hydrogen (secondary N) is 1. The lowest BCUT2D eigenvalue weighted by Crippen LogP contribution is -2.16. The number of hydrogen-bond acceptors (Lipinski definition) is 3. The number of amides is 1. The Balaban J connectivity index is 2.79. The Labute approximate surface area is 89.1 Å². The van der Waals surface area contributed by atoms with Crippen LogP contribution in [0.4, 0.5) is 5.69 Å². The predicted octanol–water partition coefficient (Wildman–Crippen LogP) is 1.24. The van der Waals surface area contributed by atoms with Crippen molar-refractivity contribution >= 4 is 11.6 Å². The summed E-state index contributed by atoms with van der Waals surface area (Å²) < 4.78 is 0. The Hall–Kier alpha value is -1.55. The van der Waals surface area contributed by atoms with Gasteiger partial charge in [0.25, 0.3) is 0 Å². The molecule has 1 rings (SSSR count). The first-order chi connectivity index (χ1) is 7.17. The number of carbonyl (C=O) groups excluding carboxylic acids is 1. The number of aryl methyl sites for hydroxylation is 1. The lowest BCUT2D eigenvalue weighted by molar-refractivity contribution is -0.116. The average Bonchev–Trinajstić information content (AvgIpc) is 2.21. The van der Waals surface area contributed by atoms with Crippen molar-refractivity contribution in [2.75, 3.05) is 11.9 Å². The number of nitrogens with two attached hydrogens (primary N) is 1. The van der Waals surface area contributed by atoms with Crippen LogP contribution in [-0.4, -0.2) is 17.6 Å². The molecule has 15 heavy (non-hydrogen) atoms. The van der Waals surface area contributed by atoms with E-state index in [0.717, 1.165) is 12.0 Å². The summed E-state index contributed by atoms with van der Waals surface area (Å²) in [5, 5.41) is 12.1. The van der Waals surface area contributed by atoms with E-state index in [4.69, 9.17) is 5.73 Å². The van der Waals surface area contributed by atoms with Crippen molar-refractivity contribution in [1.82, 2.24) is 0 Å². The highest BCUT2D eigenvalue weighted by molar-refractivity contribution is 5.92. The summed E-state index contributed by atoms with van der Waals surface area (Å²) in [5.41, 5.74) is 6.77. The van der Waals surface area contributed by atoms with Crippen molar-refractivity contribution in [3.05, 3.63) is 23.8 Å². The molecule has 0 aliphatic rings. The molecule has 0 fully saturated rings. The number of benzene rings is 1. The Kier molecular flexibility index (Phi) is 4.12. The van der Waals surface area contributed by atoms with Gasteiger partial charge < -0.3 is 16.2 Å². The van der Waals surface area contributed by atoms with E-state index in [9.17, 15) is 9.90 Å². The van der Waals surface area contributed by atoms with Crippen molar-refractivity contribution in [2.45, 2.75) is 19.8 Å². The molecular weight excluding hydrogens is 192 g/mol. The molecule has 1 aromatic carbocycles. The van der Waals surface area contributed by atoms with Crippen molar-refractivity contribution in [1.29, 1.82) is 0 Å². The van der Waals surface area contributed by atoms with Crippen LogP contribution in [0.2, 0.25) is 0 Å². The quantitative estimate of drug-likeness (QED) is 0.652. The van der Waals surface area contributed by atoms with Crippen LogP contribution in [0.15, 0.2) is 18.2 Å². The van der Waals surface area contributed by atoms with E-state index in [2.05, 4.69) is 5.32 Å². The van der Waals surface area contributed by atoms with E-state index >= 15 is 0 Å². The molecule has 0 spiro atoms. The highest BCUT2D eigenvalue weighted by atomic mass is 16.3. The van der Waals surface area contributed by atoms with E-state index in [-0.39, 0.29) is 18.1 Å². The van der Waals surface area contributed by atoms with Gasteiger partial charge in [-0.3, -0.25) is 4.79 Å². The largest absolute Gasteiger partial charge is 0.506 e. The van der Waals surface area contributed by atoms with Gasteiger partial charge >= 0.3 is 0 Å². The SMILES string of the molecule is CCc1ccc(O)c(NC(=O)CCN)c1. The normalized spacial score (nSPS) is 10.0. The molecule has 0 saturated carbocycles. The summed E-state index contributed by atoms with van der Waals surface area (Å²) in [7, 11) is 0. The first-order valence-electron chi connectivity index (χ1n) is 4.99. The smallest absolute Gasteiger partial charge is 0.225 e. The molecule has 0 unspecified atom stereocenters. The van der Waals surface area contributed by atoms with E-state index < -0.39 is 0 Å². The maximum absolute atomic E-state index is 11.3. The maximum atomic E-state index is 11.3. The molecule has 82 valence electrons. The number of anilines is 1. The second-order valence-electron chi connectivity index (χ2n) is 3.29. The molecule has 1 aromatic rings. The molecule has 4 heteroatoms. The first-order valence-corrected chi connectivity index (χ1v) is 4.99. The van der Waals surface area contributed by atoms with Gasteiger partial charge in [0.1, 0.15) is 5.75 Å². The number of carbonyl (C=O) groups is 1. The molecule has 0 bridgehead atoms. The van der Waals surface area contributed by atoms with Crippen molar-refractivity contribution in [3.63, 3.8) is 0 Å². The van der Waals surface area contributed by atoms with E-state index in [1.807, 2.05) is 13.0 Å². The van der Waals surface area contributed by atoms with Gasteiger partial charge in [-0.15, -0.1) is 0 Å². The van der Waals surface area contributed by atoms with Gasteiger partial charge in [0.15, 0.2) is 0 Å². The van der Waals surface area contributed by atoms with E-state index in [1.165, 1.54) is 0 Å². The molecule has 0 radical (unpaired) electrons. The van der Waals surface area contributed by atoms with Crippen LogP contribution in [0.25, 0.3) is 0 Å². The molecule has 0 aliphatic carbocycles. The fraction of sp³-hybridized carbons (Fsp3) is 0.364. The lowest BCUT2D eigenvalue weighted by Gasteiger charge is -2.08. The zero-order valence-corrected chi connectivity index (χ0v) is 8.79. The van der Waals surface area contributed by atoms with Crippen molar-refractivity contribution < 1.29 is 9.90 Å². The highest BCUT2D eigenvalue weighted by Crippen LogP contribution is 2.24. The zero-order chi connectivity index (χ0) is 11.3. The number of phenols is 1. The fourth-order valence-electron chi connectivity index (χ4n) is 1.25. The third-order valence-electron chi connectivity index (χ3n) is 2.11. The summed E-state index contributed by atoms with van der Waals surface area (Å²) in [6.07, 6.45) is 1.12. The fourth-order valence-corrected chi connectivity index (χ4v) is 1.25. The Morgan fingerprint density at radius 1 is 1.53 bits per heavy atom. The molecule has 0 aromatic heterocycles. The molecule has 0 saturated heterocycles. The molecule has 4 N–H and O–H groups in total. The summed E-state index contributed by atoms with van der Waals surface area (Å²) in [6.45, 7) is 2.32. The molecule has 1 amide bonds. The first kappa shape index (κ1) is 11.5. The molecule has 0 aliphatic heterocycles. The van der Waals surface area contributed by atoms with Gasteiger partial charge in [0, 0.05) is 13.0 Å². The van der Waals surface area contributed by atoms with Gasteiger partial charge in [-0.25, -0.2) is 0 Å². The van der Waals surface area contributed by atoms with Gasteiger partial charge in [-0.1, -0.05) is 13.0 Å². The monoisotopic (exact) mass is 208 g/mol. The number of rotatable bonds is 4. The van der Waals surface area contributed by atoms with Gasteiger partial charge in [0.2, 0.25) is 5.91 Å². The van der Waals surface area contributed by atoms with Crippen LogP contribution in [0.1, 0.15) is 18.9 Å². The number of aromatic hydroxyl groups is 1. The second-order valence-corrected chi connectivity index (χ2v) is 3.29. The maximum Gasteiger partial charge on any atom is 0.225 e. The molecule has 0 atom stereocenters. The molecule has 4 nitrogen and oxygen atoms in total. The molecule has 0 heterocycles. The van der Waals surface area contributed by atoms with Crippen LogP contribution in [0.5, 0.6) is 5.75 Å². The number of phenolic OH excluding ortho intramolecular Hbond substituents is 1. The average molecular weight is 208 g/mol. The third-order valence-corrected chi connectivity index (χ3v) is 2.11. The van der Waals surface area contributed by atoms with E-state index in [0.29, 0.717) is 12.2 Å². The van der Waals surface area contributed by atoms with Crippen LogP contribution in [0, 0.1) is 0 Å². The Morgan fingerprint density at radius 2 is 2.27 bits per heavy atom. The minimum absolute atomic E-state index is 0.0811. The van der Waals surface area contributed by atoms with Crippen LogP contribution < -0.4 is 11.1 Å². The van der Waals surface area contributed by atoms with Crippen molar-refractivity contribution in [2.24, 2.45) is 5.73 Å². The minimum Gasteiger partial charge on any atom is -0.506 e. The highest BCUT2D eigenvalue weighted by Gasteiger charge is 2.05. The van der Waals surface area contributed by atoms with Gasteiger partial charge in [-0.2, -0.15) is 0 Å². The second kappa shape index (κ2) is 5.36. The summed E-state index contributed by atoms with van der Waals surface area (Å²) in [5.74, 6) is -0.0985. The van der Waals surface area contributed by atoms with E-state index in [1.54, 1.807) is 12.1 Å². The summed E-state index contributed by atoms with van der Waals surface area (Å²) in [6, 6.07) is 5.18. The van der Waals surface area contributed by atoms with Crippen LogP contribution >= 0.6 is 0 Å². The number of hydrogen-bond donors (Lipinski definition) is 3. The Morgan fingerprint density at radius 3 is 2.87 bits per heavy atom. The standard InChI is InChI=1S/C11H16N2O2/c1-2-8-3-4-10(14)9(7-8)13-11(15)5-6-12/h3-4,7,14H,2,5-6,12H2,1H3,(H,13,15). The Bertz CT molecular complexity index is 350. The topological polar surface area (TPSA) is 75.3 Å².